The molecule has 126 valence electrons. The van der Waals surface area contributed by atoms with Crippen molar-refractivity contribution < 1.29 is 4.42 Å². The molecule has 0 radical (unpaired) electrons. The molecule has 0 saturated heterocycles. The molecular formula is C22H27NO. The number of rotatable bonds is 6. The van der Waals surface area contributed by atoms with Crippen molar-refractivity contribution in [3.8, 4) is 11.1 Å². The summed E-state index contributed by atoms with van der Waals surface area (Å²) in [5, 5.41) is 1.17. The van der Waals surface area contributed by atoms with Crippen LogP contribution in [-0.2, 0) is 0 Å². The summed E-state index contributed by atoms with van der Waals surface area (Å²) in [6, 6.07) is 14.9. The van der Waals surface area contributed by atoms with Crippen molar-refractivity contribution in [1.82, 2.24) is 0 Å². The van der Waals surface area contributed by atoms with Gasteiger partial charge in [0.15, 0.2) is 0 Å². The summed E-state index contributed by atoms with van der Waals surface area (Å²) in [5.41, 5.74) is 12.3. The lowest BCUT2D eigenvalue weighted by Gasteiger charge is -2.12. The van der Waals surface area contributed by atoms with E-state index in [9.17, 15) is 0 Å². The molecule has 0 spiro atoms. The highest BCUT2D eigenvalue weighted by atomic mass is 16.3. The largest absolute Gasteiger partial charge is 0.459 e. The van der Waals surface area contributed by atoms with Crippen molar-refractivity contribution in [2.24, 2.45) is 5.73 Å². The average molecular weight is 321 g/mol. The van der Waals surface area contributed by atoms with Crippen LogP contribution in [0.15, 0.2) is 46.9 Å². The Hall–Kier alpha value is -2.06. The van der Waals surface area contributed by atoms with Crippen LogP contribution in [0.25, 0.3) is 22.1 Å². The van der Waals surface area contributed by atoms with Crippen LogP contribution in [0.2, 0.25) is 0 Å². The molecule has 0 saturated carbocycles. The highest BCUT2D eigenvalue weighted by Crippen LogP contribution is 2.39. The molecule has 1 atom stereocenters. The van der Waals surface area contributed by atoms with E-state index in [0.29, 0.717) is 0 Å². The second-order valence-electron chi connectivity index (χ2n) is 6.81. The van der Waals surface area contributed by atoms with Gasteiger partial charge >= 0.3 is 0 Å². The van der Waals surface area contributed by atoms with Gasteiger partial charge in [0, 0.05) is 10.9 Å². The smallest absolute Gasteiger partial charge is 0.135 e. The van der Waals surface area contributed by atoms with Crippen molar-refractivity contribution in [3.63, 3.8) is 0 Å². The molecule has 0 aliphatic carbocycles. The van der Waals surface area contributed by atoms with Crippen LogP contribution in [0.4, 0.5) is 0 Å². The number of nitrogens with two attached hydrogens (primary N) is 1. The van der Waals surface area contributed by atoms with E-state index in [1.54, 1.807) is 0 Å². The van der Waals surface area contributed by atoms with Crippen molar-refractivity contribution in [3.05, 3.63) is 59.4 Å². The van der Waals surface area contributed by atoms with Crippen LogP contribution >= 0.6 is 0 Å². The molecule has 2 aromatic carbocycles. The number of fused-ring (bicyclic) bond motifs is 1. The van der Waals surface area contributed by atoms with Crippen LogP contribution in [0, 0.1) is 13.8 Å². The maximum atomic E-state index is 6.51. The summed E-state index contributed by atoms with van der Waals surface area (Å²) < 4.78 is 6.21. The molecule has 0 aliphatic heterocycles. The first-order valence-corrected chi connectivity index (χ1v) is 8.96. The zero-order chi connectivity index (χ0) is 17.1. The van der Waals surface area contributed by atoms with Gasteiger partial charge in [-0.05, 0) is 38.0 Å². The fourth-order valence-electron chi connectivity index (χ4n) is 3.25. The van der Waals surface area contributed by atoms with Gasteiger partial charge in [-0.1, -0.05) is 67.6 Å². The number of furan rings is 1. The van der Waals surface area contributed by atoms with Crippen molar-refractivity contribution >= 4 is 11.0 Å². The Bertz CT molecular complexity index is 814. The van der Waals surface area contributed by atoms with Gasteiger partial charge in [0.05, 0.1) is 6.04 Å². The van der Waals surface area contributed by atoms with Crippen molar-refractivity contribution in [2.75, 3.05) is 0 Å². The van der Waals surface area contributed by atoms with E-state index in [1.165, 1.54) is 34.9 Å². The third-order valence-corrected chi connectivity index (χ3v) is 4.67. The third kappa shape index (κ3) is 3.39. The first kappa shape index (κ1) is 16.8. The Morgan fingerprint density at radius 3 is 2.38 bits per heavy atom. The molecule has 1 aromatic heterocycles. The average Bonchev–Trinajstić information content (AvgIpc) is 2.94. The molecule has 0 amide bonds. The Kier molecular flexibility index (Phi) is 5.06. The van der Waals surface area contributed by atoms with E-state index in [-0.39, 0.29) is 6.04 Å². The molecule has 3 aromatic rings. The molecule has 2 N–H and O–H groups in total. The van der Waals surface area contributed by atoms with Crippen LogP contribution < -0.4 is 5.73 Å². The number of benzene rings is 2. The molecule has 2 nitrogen and oxygen atoms in total. The Labute approximate surface area is 144 Å². The summed E-state index contributed by atoms with van der Waals surface area (Å²) in [6.07, 6.45) is 4.52. The quantitative estimate of drug-likeness (QED) is 0.541. The lowest BCUT2D eigenvalue weighted by Crippen LogP contribution is -2.10. The van der Waals surface area contributed by atoms with Gasteiger partial charge in [-0.25, -0.2) is 0 Å². The van der Waals surface area contributed by atoms with Gasteiger partial charge in [-0.2, -0.15) is 0 Å². The SMILES string of the molecule is CCCCCC(N)c1oc2ccc(C)cc2c1-c1ccc(C)cc1. The van der Waals surface area contributed by atoms with E-state index >= 15 is 0 Å². The van der Waals surface area contributed by atoms with Crippen LogP contribution in [0.1, 0.15) is 55.5 Å². The first-order valence-electron chi connectivity index (χ1n) is 8.96. The van der Waals surface area contributed by atoms with Gasteiger partial charge in [-0.15, -0.1) is 0 Å². The minimum absolute atomic E-state index is 0.0550. The van der Waals surface area contributed by atoms with Crippen LogP contribution in [0.5, 0.6) is 0 Å². The zero-order valence-corrected chi connectivity index (χ0v) is 14.9. The molecule has 0 aliphatic rings. The summed E-state index contributed by atoms with van der Waals surface area (Å²) in [5.74, 6) is 0.926. The lowest BCUT2D eigenvalue weighted by molar-refractivity contribution is 0.465. The van der Waals surface area contributed by atoms with Gasteiger partial charge in [0.25, 0.3) is 0 Å². The molecular weight excluding hydrogens is 294 g/mol. The highest BCUT2D eigenvalue weighted by Gasteiger charge is 2.21. The summed E-state index contributed by atoms with van der Waals surface area (Å²) >= 11 is 0. The van der Waals surface area contributed by atoms with Crippen LogP contribution in [0.3, 0.4) is 0 Å². The minimum atomic E-state index is -0.0550. The second kappa shape index (κ2) is 7.23. The fourth-order valence-corrected chi connectivity index (χ4v) is 3.25. The maximum Gasteiger partial charge on any atom is 0.135 e. The summed E-state index contributed by atoms with van der Waals surface area (Å²) in [4.78, 5) is 0. The highest BCUT2D eigenvalue weighted by molar-refractivity contribution is 5.96. The normalized spacial score (nSPS) is 12.7. The zero-order valence-electron chi connectivity index (χ0n) is 14.9. The number of hydrogen-bond acceptors (Lipinski definition) is 2. The maximum absolute atomic E-state index is 6.51. The monoisotopic (exact) mass is 321 g/mol. The fraction of sp³-hybridized carbons (Fsp3) is 0.364. The van der Waals surface area contributed by atoms with Crippen LogP contribution in [-0.4, -0.2) is 0 Å². The summed E-state index contributed by atoms with van der Waals surface area (Å²) in [7, 11) is 0. The predicted molar refractivity (Wildman–Crippen MR) is 102 cm³/mol. The number of unbranched alkanes of at least 4 members (excludes halogenated alkanes) is 2. The molecule has 0 fully saturated rings. The topological polar surface area (TPSA) is 39.2 Å². The van der Waals surface area contributed by atoms with E-state index in [2.05, 4.69) is 63.2 Å². The first-order chi connectivity index (χ1) is 11.6. The van der Waals surface area contributed by atoms with E-state index in [1.807, 2.05) is 0 Å². The minimum Gasteiger partial charge on any atom is -0.459 e. The predicted octanol–water partition coefficient (Wildman–Crippen LogP) is 6.30. The van der Waals surface area contributed by atoms with Gasteiger partial charge in [-0.3, -0.25) is 0 Å². The van der Waals surface area contributed by atoms with E-state index in [4.69, 9.17) is 10.2 Å². The Balaban J connectivity index is 2.10. The van der Waals surface area contributed by atoms with Gasteiger partial charge in [0.1, 0.15) is 11.3 Å². The standard InChI is InChI=1S/C22H27NO/c1-4-5-6-7-19(23)22-21(17-11-8-15(2)9-12-17)18-14-16(3)10-13-20(18)24-22/h8-14,19H,4-7,23H2,1-3H3. The molecule has 1 unspecified atom stereocenters. The molecule has 2 heteroatoms. The molecule has 1 heterocycles. The lowest BCUT2D eigenvalue weighted by atomic mass is 9.96. The van der Waals surface area contributed by atoms with Crippen molar-refractivity contribution in [2.45, 2.75) is 52.5 Å². The second-order valence-corrected chi connectivity index (χ2v) is 6.81. The van der Waals surface area contributed by atoms with Gasteiger partial charge in [0.2, 0.25) is 0 Å². The summed E-state index contributed by atoms with van der Waals surface area (Å²) in [6.45, 7) is 6.44. The molecule has 0 bridgehead atoms. The number of aryl methyl sites for hydroxylation is 2. The Morgan fingerprint density at radius 1 is 0.958 bits per heavy atom. The Morgan fingerprint density at radius 2 is 1.67 bits per heavy atom. The van der Waals surface area contributed by atoms with Crippen molar-refractivity contribution in [1.29, 1.82) is 0 Å². The number of hydrogen-bond donors (Lipinski definition) is 1. The third-order valence-electron chi connectivity index (χ3n) is 4.67. The van der Waals surface area contributed by atoms with Gasteiger partial charge < -0.3 is 10.2 Å². The molecule has 24 heavy (non-hydrogen) atoms. The van der Waals surface area contributed by atoms with E-state index < -0.39 is 0 Å². The van der Waals surface area contributed by atoms with E-state index in [0.717, 1.165) is 29.7 Å². The molecule has 3 rings (SSSR count).